The third kappa shape index (κ3) is 3.92. The largest absolute Gasteiger partial charge is 0.381 e. The summed E-state index contributed by atoms with van der Waals surface area (Å²) in [7, 11) is 0. The number of aliphatic hydroxyl groups excluding tert-OH is 1. The molecule has 0 spiro atoms. The van der Waals surface area contributed by atoms with Crippen LogP contribution in [0.5, 0.6) is 0 Å². The molecule has 0 amide bonds. The number of para-hydroxylation sites is 1. The van der Waals surface area contributed by atoms with Crippen LogP contribution in [-0.2, 0) is 6.54 Å². The van der Waals surface area contributed by atoms with E-state index in [1.807, 2.05) is 11.0 Å². The van der Waals surface area contributed by atoms with Gasteiger partial charge in [0.15, 0.2) is 0 Å². The van der Waals surface area contributed by atoms with Gasteiger partial charge in [-0.2, -0.15) is 0 Å². The monoisotopic (exact) mass is 401 g/mol. The molecule has 0 saturated carbocycles. The molecule has 0 unspecified atom stereocenters. The molecule has 2 aromatic carbocycles. The van der Waals surface area contributed by atoms with Gasteiger partial charge in [0.2, 0.25) is 0 Å². The van der Waals surface area contributed by atoms with Gasteiger partial charge in [0, 0.05) is 55.4 Å². The summed E-state index contributed by atoms with van der Waals surface area (Å²) in [6.07, 6.45) is 0.672. The first kappa shape index (κ1) is 19.0. The van der Waals surface area contributed by atoms with Crippen LogP contribution in [-0.4, -0.2) is 41.2 Å². The fourth-order valence-electron chi connectivity index (χ4n) is 3.59. The summed E-state index contributed by atoms with van der Waals surface area (Å²) >= 11 is 1.34. The third-order valence-corrected chi connectivity index (χ3v) is 5.87. The predicted molar refractivity (Wildman–Crippen MR) is 106 cm³/mol. The lowest BCUT2D eigenvalue weighted by molar-refractivity contribution is 0.217. The van der Waals surface area contributed by atoms with Crippen molar-refractivity contribution in [3.8, 4) is 0 Å². The third-order valence-electron chi connectivity index (χ3n) is 5.04. The molecule has 146 valence electrons. The first-order chi connectivity index (χ1) is 13.6. The molecule has 3 aromatic rings. The summed E-state index contributed by atoms with van der Waals surface area (Å²) in [6, 6.07) is 11.6. The average Bonchev–Trinajstić information content (AvgIpc) is 3.25. The van der Waals surface area contributed by atoms with Crippen LogP contribution in [0.15, 0.2) is 54.0 Å². The van der Waals surface area contributed by atoms with E-state index in [2.05, 4.69) is 9.88 Å². The van der Waals surface area contributed by atoms with Crippen LogP contribution in [0.4, 0.5) is 14.5 Å². The van der Waals surface area contributed by atoms with E-state index >= 15 is 0 Å². The first-order valence-electron chi connectivity index (χ1n) is 9.20. The number of benzene rings is 2. The number of thiazole rings is 1. The molecule has 4 rings (SSSR count). The highest BCUT2D eigenvalue weighted by Gasteiger charge is 2.26. The minimum atomic E-state index is -0.956. The normalized spacial score (nSPS) is 16.3. The Labute approximate surface area is 166 Å². The molecule has 1 fully saturated rings. The molecular formula is C21H21F2N3OS. The summed E-state index contributed by atoms with van der Waals surface area (Å²) in [5, 5.41) is 13.0. The molecule has 0 bridgehead atoms. The quantitative estimate of drug-likeness (QED) is 0.706. The van der Waals surface area contributed by atoms with E-state index in [4.69, 9.17) is 0 Å². The molecule has 0 radical (unpaired) electrons. The minimum absolute atomic E-state index is 0.201. The summed E-state index contributed by atoms with van der Waals surface area (Å²) in [5.74, 6) is -0.552. The number of rotatable bonds is 5. The Morgan fingerprint density at radius 3 is 2.46 bits per heavy atom. The van der Waals surface area contributed by atoms with Gasteiger partial charge in [0.1, 0.15) is 22.7 Å². The number of hydrogen-bond acceptors (Lipinski definition) is 5. The van der Waals surface area contributed by atoms with Crippen molar-refractivity contribution in [2.75, 3.05) is 31.1 Å². The highest BCUT2D eigenvalue weighted by Crippen LogP contribution is 2.34. The molecule has 1 aliphatic rings. The number of nitrogens with zero attached hydrogens (tertiary/aromatic N) is 3. The second-order valence-electron chi connectivity index (χ2n) is 6.81. The van der Waals surface area contributed by atoms with Crippen LogP contribution in [0, 0.1) is 11.6 Å². The van der Waals surface area contributed by atoms with Crippen molar-refractivity contribution < 1.29 is 13.9 Å². The molecule has 1 aromatic heterocycles. The van der Waals surface area contributed by atoms with Crippen molar-refractivity contribution in [1.82, 2.24) is 9.88 Å². The number of aromatic nitrogens is 1. The number of anilines is 1. The molecule has 1 atom stereocenters. The molecule has 28 heavy (non-hydrogen) atoms. The molecule has 1 N–H and O–H groups in total. The standard InChI is InChI=1S/C21H21F2N3OS/c22-17-6-2-1-4-15(17)14-25-9-11-26(12-10-25)19-16(5-3-7-18(19)23)20(27)21-24-8-13-28-21/h1-8,13,20,27H,9-12,14H2/t20-/m1/s1. The fraction of sp³-hybridized carbons (Fsp3) is 0.286. The van der Waals surface area contributed by atoms with Gasteiger partial charge in [-0.15, -0.1) is 11.3 Å². The fourth-order valence-corrected chi connectivity index (χ4v) is 4.22. The molecule has 4 nitrogen and oxygen atoms in total. The number of piperazine rings is 1. The summed E-state index contributed by atoms with van der Waals surface area (Å²) in [4.78, 5) is 8.28. The van der Waals surface area contributed by atoms with Gasteiger partial charge in [-0.05, 0) is 12.1 Å². The maximum Gasteiger partial charge on any atom is 0.146 e. The average molecular weight is 401 g/mol. The van der Waals surface area contributed by atoms with E-state index in [1.54, 1.807) is 35.8 Å². The molecule has 0 aliphatic carbocycles. The van der Waals surface area contributed by atoms with E-state index in [0.29, 0.717) is 54.5 Å². The predicted octanol–water partition coefficient (Wildman–Crippen LogP) is 3.83. The zero-order chi connectivity index (χ0) is 19.5. The number of hydrogen-bond donors (Lipinski definition) is 1. The Bertz CT molecular complexity index is 927. The van der Waals surface area contributed by atoms with Crippen molar-refractivity contribution in [2.45, 2.75) is 12.6 Å². The SMILES string of the molecule is O[C@@H](c1nccs1)c1cccc(F)c1N1CCN(Cc2ccccc2F)CC1. The van der Waals surface area contributed by atoms with Crippen LogP contribution < -0.4 is 4.90 Å². The Kier molecular flexibility index (Phi) is 5.66. The summed E-state index contributed by atoms with van der Waals surface area (Å²) in [5.41, 5.74) is 1.62. The molecule has 2 heterocycles. The van der Waals surface area contributed by atoms with Gasteiger partial charge in [-0.3, -0.25) is 4.90 Å². The Morgan fingerprint density at radius 1 is 1.00 bits per heavy atom. The van der Waals surface area contributed by atoms with Crippen molar-refractivity contribution >= 4 is 17.0 Å². The maximum atomic E-state index is 14.7. The van der Waals surface area contributed by atoms with Crippen molar-refractivity contribution in [1.29, 1.82) is 0 Å². The maximum absolute atomic E-state index is 14.7. The topological polar surface area (TPSA) is 39.6 Å². The lowest BCUT2D eigenvalue weighted by Gasteiger charge is -2.37. The lowest BCUT2D eigenvalue weighted by atomic mass is 10.0. The van der Waals surface area contributed by atoms with Crippen LogP contribution in [0.1, 0.15) is 22.2 Å². The molecule has 1 saturated heterocycles. The van der Waals surface area contributed by atoms with E-state index in [9.17, 15) is 13.9 Å². The van der Waals surface area contributed by atoms with Crippen molar-refractivity contribution in [3.63, 3.8) is 0 Å². The number of halogens is 2. The van der Waals surface area contributed by atoms with E-state index in [0.717, 1.165) is 0 Å². The van der Waals surface area contributed by atoms with Crippen LogP contribution in [0.25, 0.3) is 0 Å². The van der Waals surface area contributed by atoms with Gasteiger partial charge in [0.05, 0.1) is 5.69 Å². The van der Waals surface area contributed by atoms with Gasteiger partial charge in [-0.25, -0.2) is 13.8 Å². The first-order valence-corrected chi connectivity index (χ1v) is 10.1. The van der Waals surface area contributed by atoms with Crippen molar-refractivity contribution in [3.05, 3.63) is 81.8 Å². The number of aliphatic hydroxyl groups is 1. The van der Waals surface area contributed by atoms with Gasteiger partial charge in [0.25, 0.3) is 0 Å². The van der Waals surface area contributed by atoms with E-state index in [1.165, 1.54) is 23.5 Å². The second kappa shape index (κ2) is 8.34. The van der Waals surface area contributed by atoms with E-state index in [-0.39, 0.29) is 11.6 Å². The Morgan fingerprint density at radius 2 is 1.75 bits per heavy atom. The van der Waals surface area contributed by atoms with Crippen LogP contribution in [0.2, 0.25) is 0 Å². The van der Waals surface area contributed by atoms with E-state index < -0.39 is 6.10 Å². The lowest BCUT2D eigenvalue weighted by Crippen LogP contribution is -2.46. The highest BCUT2D eigenvalue weighted by molar-refractivity contribution is 7.09. The molecular weight excluding hydrogens is 380 g/mol. The zero-order valence-corrected chi connectivity index (χ0v) is 16.1. The van der Waals surface area contributed by atoms with Gasteiger partial charge in [-0.1, -0.05) is 30.3 Å². The van der Waals surface area contributed by atoms with Crippen LogP contribution in [0.3, 0.4) is 0 Å². The smallest absolute Gasteiger partial charge is 0.146 e. The van der Waals surface area contributed by atoms with Gasteiger partial charge >= 0.3 is 0 Å². The Balaban J connectivity index is 1.50. The second-order valence-corrected chi connectivity index (χ2v) is 7.73. The van der Waals surface area contributed by atoms with Crippen LogP contribution >= 0.6 is 11.3 Å². The highest BCUT2D eigenvalue weighted by atomic mass is 32.1. The van der Waals surface area contributed by atoms with Gasteiger partial charge < -0.3 is 10.0 Å². The summed E-state index contributed by atoms with van der Waals surface area (Å²) in [6.45, 7) is 3.12. The summed E-state index contributed by atoms with van der Waals surface area (Å²) < 4.78 is 28.6. The molecule has 1 aliphatic heterocycles. The Hall–Kier alpha value is -2.35. The minimum Gasteiger partial charge on any atom is -0.381 e. The van der Waals surface area contributed by atoms with Crippen molar-refractivity contribution in [2.24, 2.45) is 0 Å². The molecule has 7 heteroatoms. The zero-order valence-electron chi connectivity index (χ0n) is 15.3.